The fraction of sp³-hybridized carbons (Fsp3) is 0.529. The Labute approximate surface area is 168 Å². The summed E-state index contributed by atoms with van der Waals surface area (Å²) in [6.07, 6.45) is 4.16. The van der Waals surface area contributed by atoms with E-state index in [0.29, 0.717) is 25.3 Å². The van der Waals surface area contributed by atoms with Crippen molar-refractivity contribution in [3.8, 4) is 0 Å². The molecular formula is C17H25ClN4O4S. The van der Waals surface area contributed by atoms with Crippen molar-refractivity contribution in [3.05, 3.63) is 39.9 Å². The molecule has 0 bridgehead atoms. The highest BCUT2D eigenvalue weighted by atomic mass is 35.5. The molecule has 2 amide bonds. The van der Waals surface area contributed by atoms with Gasteiger partial charge in [0.1, 0.15) is 6.04 Å². The van der Waals surface area contributed by atoms with E-state index in [4.69, 9.17) is 5.73 Å². The van der Waals surface area contributed by atoms with E-state index >= 15 is 0 Å². The van der Waals surface area contributed by atoms with Crippen LogP contribution in [0.2, 0.25) is 0 Å². The largest absolute Gasteiger partial charge is 0.340 e. The molecule has 3 N–H and O–H groups in total. The number of nitrogens with zero attached hydrogens (tertiary/aromatic N) is 2. The van der Waals surface area contributed by atoms with Crippen LogP contribution < -0.4 is 11.1 Å². The van der Waals surface area contributed by atoms with E-state index in [9.17, 15) is 19.7 Å². The minimum absolute atomic E-state index is 0. The number of benzene rings is 1. The van der Waals surface area contributed by atoms with Crippen molar-refractivity contribution in [2.24, 2.45) is 5.73 Å². The number of carbonyl (C=O) groups is 2. The number of non-ortho nitro benzene ring substituents is 1. The number of nitro groups is 1. The SMILES string of the molecule is CSCCC(NC(=O)c1cccc([N+](=O)[O-])c1)C(=O)N1CCCC(N)C1.Cl. The molecule has 0 radical (unpaired) electrons. The van der Waals surface area contributed by atoms with Gasteiger partial charge in [-0.3, -0.25) is 19.7 Å². The third-order valence-corrected chi connectivity index (χ3v) is 4.95. The molecule has 1 aromatic rings. The summed E-state index contributed by atoms with van der Waals surface area (Å²) in [7, 11) is 0. The van der Waals surface area contributed by atoms with E-state index < -0.39 is 16.9 Å². The Balaban J connectivity index is 0.00000364. The molecule has 1 aliphatic rings. The second-order valence-corrected chi connectivity index (χ2v) is 7.29. The van der Waals surface area contributed by atoms with E-state index in [1.165, 1.54) is 24.3 Å². The fourth-order valence-corrected chi connectivity index (χ4v) is 3.40. The first-order chi connectivity index (χ1) is 12.4. The second kappa shape index (κ2) is 11.1. The molecular weight excluding hydrogens is 392 g/mol. The van der Waals surface area contributed by atoms with Gasteiger partial charge in [0.05, 0.1) is 4.92 Å². The molecule has 1 aromatic carbocycles. The van der Waals surface area contributed by atoms with E-state index in [0.717, 1.165) is 12.8 Å². The lowest BCUT2D eigenvalue weighted by atomic mass is 10.0. The zero-order valence-electron chi connectivity index (χ0n) is 15.1. The summed E-state index contributed by atoms with van der Waals surface area (Å²) in [6, 6.07) is 4.77. The number of halogens is 1. The Bertz CT molecular complexity index is 676. The molecule has 2 rings (SSSR count). The molecule has 2 unspecified atom stereocenters. The lowest BCUT2D eigenvalue weighted by Gasteiger charge is -2.33. The fourth-order valence-electron chi connectivity index (χ4n) is 2.93. The number of likely N-dealkylation sites (tertiary alicyclic amines) is 1. The molecule has 10 heteroatoms. The summed E-state index contributed by atoms with van der Waals surface area (Å²) in [4.78, 5) is 37.4. The van der Waals surface area contributed by atoms with Gasteiger partial charge in [-0.05, 0) is 37.3 Å². The van der Waals surface area contributed by atoms with Crippen molar-refractivity contribution < 1.29 is 14.5 Å². The monoisotopic (exact) mass is 416 g/mol. The van der Waals surface area contributed by atoms with Gasteiger partial charge in [-0.1, -0.05) is 6.07 Å². The van der Waals surface area contributed by atoms with Crippen molar-refractivity contribution >= 4 is 41.7 Å². The van der Waals surface area contributed by atoms with Gasteiger partial charge in [-0.15, -0.1) is 12.4 Å². The molecule has 0 spiro atoms. The van der Waals surface area contributed by atoms with Crippen LogP contribution in [0.5, 0.6) is 0 Å². The zero-order valence-corrected chi connectivity index (χ0v) is 16.8. The first-order valence-electron chi connectivity index (χ1n) is 8.51. The highest BCUT2D eigenvalue weighted by Gasteiger charge is 2.29. The number of piperidine rings is 1. The number of carbonyl (C=O) groups excluding carboxylic acids is 2. The van der Waals surface area contributed by atoms with E-state index in [1.54, 1.807) is 16.7 Å². The highest BCUT2D eigenvalue weighted by molar-refractivity contribution is 7.98. The van der Waals surface area contributed by atoms with Crippen LogP contribution in [0.25, 0.3) is 0 Å². The predicted molar refractivity (Wildman–Crippen MR) is 108 cm³/mol. The number of hydrogen-bond acceptors (Lipinski definition) is 6. The summed E-state index contributed by atoms with van der Waals surface area (Å²) < 4.78 is 0. The minimum atomic E-state index is -0.667. The summed E-state index contributed by atoms with van der Waals surface area (Å²) >= 11 is 1.59. The second-order valence-electron chi connectivity index (χ2n) is 6.30. The Morgan fingerprint density at radius 1 is 1.48 bits per heavy atom. The number of nitrogens with two attached hydrogens (primary N) is 1. The molecule has 8 nitrogen and oxygen atoms in total. The van der Waals surface area contributed by atoms with Gasteiger partial charge in [-0.2, -0.15) is 11.8 Å². The van der Waals surface area contributed by atoms with Crippen LogP contribution in [0.4, 0.5) is 5.69 Å². The van der Waals surface area contributed by atoms with Crippen LogP contribution in [0, 0.1) is 10.1 Å². The quantitative estimate of drug-likeness (QED) is 0.517. The topological polar surface area (TPSA) is 119 Å². The van der Waals surface area contributed by atoms with Crippen LogP contribution in [0.3, 0.4) is 0 Å². The van der Waals surface area contributed by atoms with Gasteiger partial charge in [0, 0.05) is 36.8 Å². The number of nitrogens with one attached hydrogen (secondary N) is 1. The number of nitro benzene ring substituents is 1. The van der Waals surface area contributed by atoms with Crippen molar-refractivity contribution in [1.29, 1.82) is 0 Å². The normalized spacial score (nSPS) is 17.6. The molecule has 1 heterocycles. The molecule has 27 heavy (non-hydrogen) atoms. The highest BCUT2D eigenvalue weighted by Crippen LogP contribution is 2.15. The lowest BCUT2D eigenvalue weighted by molar-refractivity contribution is -0.384. The smallest absolute Gasteiger partial charge is 0.270 e. The Kier molecular flexibility index (Phi) is 9.54. The number of rotatable bonds is 7. The van der Waals surface area contributed by atoms with Crippen molar-refractivity contribution in [2.75, 3.05) is 25.1 Å². The predicted octanol–water partition coefficient (Wildman–Crippen LogP) is 1.82. The number of amides is 2. The van der Waals surface area contributed by atoms with Gasteiger partial charge >= 0.3 is 0 Å². The molecule has 1 saturated heterocycles. The molecule has 0 saturated carbocycles. The summed E-state index contributed by atoms with van der Waals surface area (Å²) in [5, 5.41) is 13.6. The number of thioether (sulfide) groups is 1. The third-order valence-electron chi connectivity index (χ3n) is 4.30. The average molecular weight is 417 g/mol. The van der Waals surface area contributed by atoms with Crippen LogP contribution in [-0.2, 0) is 4.79 Å². The van der Waals surface area contributed by atoms with Crippen molar-refractivity contribution in [1.82, 2.24) is 10.2 Å². The molecule has 0 aromatic heterocycles. The zero-order chi connectivity index (χ0) is 19.1. The summed E-state index contributed by atoms with van der Waals surface area (Å²) in [6.45, 7) is 1.12. The van der Waals surface area contributed by atoms with Crippen LogP contribution in [0.1, 0.15) is 29.6 Å². The number of hydrogen-bond donors (Lipinski definition) is 2. The van der Waals surface area contributed by atoms with Crippen LogP contribution in [0.15, 0.2) is 24.3 Å². The summed E-state index contributed by atoms with van der Waals surface area (Å²) in [5.74, 6) is 0.0772. The standard InChI is InChI=1S/C17H24N4O4S.ClH/c1-26-9-7-15(17(23)20-8-3-5-13(18)11-20)19-16(22)12-4-2-6-14(10-12)21(24)25;/h2,4,6,10,13,15H,3,5,7-9,11,18H2,1H3,(H,19,22);1H. The molecule has 0 aliphatic carbocycles. The van der Waals surface area contributed by atoms with E-state index in [-0.39, 0.29) is 35.6 Å². The van der Waals surface area contributed by atoms with Crippen molar-refractivity contribution in [3.63, 3.8) is 0 Å². The molecule has 150 valence electrons. The minimum Gasteiger partial charge on any atom is -0.340 e. The first-order valence-corrected chi connectivity index (χ1v) is 9.90. The van der Waals surface area contributed by atoms with Crippen LogP contribution in [-0.4, -0.2) is 58.8 Å². The van der Waals surface area contributed by atoms with Gasteiger partial charge in [0.15, 0.2) is 0 Å². The van der Waals surface area contributed by atoms with Crippen molar-refractivity contribution in [2.45, 2.75) is 31.3 Å². The maximum Gasteiger partial charge on any atom is 0.270 e. The maximum absolute atomic E-state index is 12.8. The molecule has 2 atom stereocenters. The summed E-state index contributed by atoms with van der Waals surface area (Å²) in [5.41, 5.74) is 5.95. The van der Waals surface area contributed by atoms with Crippen LogP contribution >= 0.6 is 24.2 Å². The first kappa shape index (κ1) is 23.2. The maximum atomic E-state index is 12.8. The van der Waals surface area contributed by atoms with Gasteiger partial charge in [0.25, 0.3) is 11.6 Å². The van der Waals surface area contributed by atoms with Gasteiger partial charge < -0.3 is 16.0 Å². The third kappa shape index (κ3) is 6.67. The molecule has 1 fully saturated rings. The molecule has 1 aliphatic heterocycles. The Hall–Kier alpha value is -1.84. The van der Waals surface area contributed by atoms with E-state index in [2.05, 4.69) is 5.32 Å². The Morgan fingerprint density at radius 2 is 2.22 bits per heavy atom. The van der Waals surface area contributed by atoms with Gasteiger partial charge in [-0.25, -0.2) is 0 Å². The Morgan fingerprint density at radius 3 is 2.85 bits per heavy atom. The average Bonchev–Trinajstić information content (AvgIpc) is 2.64. The van der Waals surface area contributed by atoms with Gasteiger partial charge in [0.2, 0.25) is 5.91 Å². The lowest BCUT2D eigenvalue weighted by Crippen LogP contribution is -2.53. The van der Waals surface area contributed by atoms with E-state index in [1.807, 2.05) is 6.26 Å².